The summed E-state index contributed by atoms with van der Waals surface area (Å²) in [5.41, 5.74) is 2.30. The van der Waals surface area contributed by atoms with Gasteiger partial charge < -0.3 is 10.1 Å². The first-order valence-electron chi connectivity index (χ1n) is 12.2. The minimum Gasteiger partial charge on any atom is -0.458 e. The Hall–Kier alpha value is -2.51. The maximum atomic E-state index is 13.5. The Morgan fingerprint density at radius 1 is 1.17 bits per heavy atom. The minimum atomic E-state index is -0.591. The summed E-state index contributed by atoms with van der Waals surface area (Å²) in [6, 6.07) is 3.42. The van der Waals surface area contributed by atoms with Gasteiger partial charge in [0.05, 0.1) is 6.04 Å². The number of carbonyl (C=O) groups is 1. The number of hydrogen-bond donors (Lipinski definition) is 1. The van der Waals surface area contributed by atoms with Crippen molar-refractivity contribution in [1.29, 1.82) is 0 Å². The molecule has 0 amide bonds. The SMILES string of the molecule is CC(C)(C)OC(=O)C1C2=C(C=C(Cl)CC2)NC=C2N1C=NN2C1CCC(c2cc(Cl)ccn2)CC1. The number of aromatic nitrogens is 1. The lowest BCUT2D eigenvalue weighted by Gasteiger charge is -2.36. The number of fused-ring (bicyclic) bond motifs is 1. The maximum absolute atomic E-state index is 13.5. The van der Waals surface area contributed by atoms with Gasteiger partial charge in [0, 0.05) is 39.8 Å². The molecule has 0 saturated heterocycles. The molecule has 0 bridgehead atoms. The molecule has 2 aliphatic carbocycles. The third-order valence-corrected chi connectivity index (χ3v) is 7.41. The topological polar surface area (TPSA) is 70.1 Å². The quantitative estimate of drug-likeness (QED) is 0.527. The molecule has 3 heterocycles. The van der Waals surface area contributed by atoms with Crippen molar-refractivity contribution in [2.24, 2.45) is 5.10 Å². The summed E-state index contributed by atoms with van der Waals surface area (Å²) in [4.78, 5) is 19.9. The second kappa shape index (κ2) is 9.51. The number of carbonyl (C=O) groups excluding carboxylic acids is 1. The Morgan fingerprint density at radius 3 is 2.66 bits per heavy atom. The molecule has 1 fully saturated rings. The Labute approximate surface area is 216 Å². The highest BCUT2D eigenvalue weighted by atomic mass is 35.5. The van der Waals surface area contributed by atoms with Gasteiger partial charge >= 0.3 is 5.97 Å². The molecule has 4 aliphatic rings. The number of hydrazone groups is 1. The van der Waals surface area contributed by atoms with E-state index in [4.69, 9.17) is 33.0 Å². The van der Waals surface area contributed by atoms with Crippen molar-refractivity contribution in [2.75, 3.05) is 0 Å². The molecule has 2 aliphatic heterocycles. The van der Waals surface area contributed by atoms with Crippen LogP contribution in [-0.4, -0.2) is 44.9 Å². The van der Waals surface area contributed by atoms with Crippen LogP contribution in [0.2, 0.25) is 5.02 Å². The summed E-state index contributed by atoms with van der Waals surface area (Å²) in [7, 11) is 0. The van der Waals surface area contributed by atoms with Crippen molar-refractivity contribution in [1.82, 2.24) is 20.2 Å². The first kappa shape index (κ1) is 24.2. The van der Waals surface area contributed by atoms with Crippen molar-refractivity contribution in [2.45, 2.75) is 82.9 Å². The molecule has 1 N–H and O–H groups in total. The second-order valence-corrected chi connectivity index (χ2v) is 11.4. The molecule has 0 spiro atoms. The van der Waals surface area contributed by atoms with E-state index in [0.717, 1.165) is 58.5 Å². The van der Waals surface area contributed by atoms with Crippen LogP contribution in [0.15, 0.2) is 57.8 Å². The smallest absolute Gasteiger partial charge is 0.334 e. The molecular weight excluding hydrogens is 485 g/mol. The van der Waals surface area contributed by atoms with Crippen LogP contribution in [0.1, 0.15) is 70.9 Å². The van der Waals surface area contributed by atoms with E-state index in [1.165, 1.54) is 0 Å². The van der Waals surface area contributed by atoms with Crippen LogP contribution >= 0.6 is 23.2 Å². The number of allylic oxidation sites excluding steroid dienone is 2. The normalized spacial score (nSPS) is 26.4. The van der Waals surface area contributed by atoms with Gasteiger partial charge in [0.15, 0.2) is 6.04 Å². The van der Waals surface area contributed by atoms with E-state index in [9.17, 15) is 4.79 Å². The van der Waals surface area contributed by atoms with Crippen molar-refractivity contribution in [3.63, 3.8) is 0 Å². The molecule has 1 atom stereocenters. The molecule has 35 heavy (non-hydrogen) atoms. The van der Waals surface area contributed by atoms with Gasteiger partial charge in [-0.15, -0.1) is 0 Å². The number of ether oxygens (including phenoxy) is 1. The standard InChI is InChI=1S/C26H31Cl2N5O2/c1-26(2,3)35-25(34)24-20-9-6-17(27)13-22(20)30-14-23-32(24)15-31-33(23)19-7-4-16(5-8-19)21-12-18(28)10-11-29-21/h10-16,19,24,30H,4-9H2,1-3H3. The number of hydrogen-bond acceptors (Lipinski definition) is 7. The van der Waals surface area contributed by atoms with Crippen molar-refractivity contribution in [3.8, 4) is 0 Å². The summed E-state index contributed by atoms with van der Waals surface area (Å²) in [5, 5.41) is 11.7. The van der Waals surface area contributed by atoms with E-state index in [0.29, 0.717) is 18.8 Å². The van der Waals surface area contributed by atoms with Crippen LogP contribution in [0.3, 0.4) is 0 Å². The van der Waals surface area contributed by atoms with Gasteiger partial charge in [-0.3, -0.25) is 9.88 Å². The van der Waals surface area contributed by atoms with Gasteiger partial charge in [-0.2, -0.15) is 5.10 Å². The predicted molar refractivity (Wildman–Crippen MR) is 137 cm³/mol. The molecule has 0 radical (unpaired) electrons. The molecule has 1 aromatic heterocycles. The second-order valence-electron chi connectivity index (χ2n) is 10.5. The monoisotopic (exact) mass is 515 g/mol. The Morgan fingerprint density at radius 2 is 1.94 bits per heavy atom. The van der Waals surface area contributed by atoms with Gasteiger partial charge in [-0.25, -0.2) is 9.80 Å². The highest BCUT2D eigenvalue weighted by Crippen LogP contribution is 2.40. The molecule has 7 nitrogen and oxygen atoms in total. The zero-order valence-corrected chi connectivity index (χ0v) is 21.8. The third-order valence-electron chi connectivity index (χ3n) is 6.88. The van der Waals surface area contributed by atoms with Gasteiger partial charge in [0.25, 0.3) is 0 Å². The Balaban J connectivity index is 1.37. The molecule has 9 heteroatoms. The third kappa shape index (κ3) is 5.07. The van der Waals surface area contributed by atoms with Crippen LogP contribution < -0.4 is 5.32 Å². The molecular formula is C26H31Cl2N5O2. The highest BCUT2D eigenvalue weighted by Gasteiger charge is 2.43. The number of nitrogens with one attached hydrogen (secondary N) is 1. The van der Waals surface area contributed by atoms with Gasteiger partial charge in [0.2, 0.25) is 0 Å². The van der Waals surface area contributed by atoms with Crippen LogP contribution in [-0.2, 0) is 9.53 Å². The number of rotatable bonds is 3. The summed E-state index contributed by atoms with van der Waals surface area (Å²) in [6.45, 7) is 5.67. The van der Waals surface area contributed by atoms with E-state index < -0.39 is 11.6 Å². The number of esters is 1. The van der Waals surface area contributed by atoms with E-state index in [1.807, 2.05) is 50.1 Å². The number of halogens is 2. The van der Waals surface area contributed by atoms with Crippen molar-refractivity contribution >= 4 is 35.5 Å². The first-order valence-corrected chi connectivity index (χ1v) is 13.0. The average Bonchev–Trinajstić information content (AvgIpc) is 3.14. The summed E-state index contributed by atoms with van der Waals surface area (Å²) in [5.74, 6) is 0.962. The fourth-order valence-corrected chi connectivity index (χ4v) is 5.65. The Kier molecular flexibility index (Phi) is 6.57. The zero-order valence-electron chi connectivity index (χ0n) is 20.3. The van der Waals surface area contributed by atoms with Crippen molar-refractivity contribution in [3.05, 3.63) is 63.4 Å². The Bertz CT molecular complexity index is 1130. The van der Waals surface area contributed by atoms with E-state index >= 15 is 0 Å². The van der Waals surface area contributed by atoms with Crippen LogP contribution in [0.25, 0.3) is 0 Å². The van der Waals surface area contributed by atoms with Gasteiger partial charge in [-0.05, 0) is 83.1 Å². The molecule has 1 unspecified atom stereocenters. The largest absolute Gasteiger partial charge is 0.458 e. The number of nitrogens with zero attached hydrogens (tertiary/aromatic N) is 4. The van der Waals surface area contributed by atoms with E-state index in [1.54, 1.807) is 12.5 Å². The summed E-state index contributed by atoms with van der Waals surface area (Å²) < 4.78 is 5.85. The predicted octanol–water partition coefficient (Wildman–Crippen LogP) is 5.61. The zero-order chi connectivity index (χ0) is 24.7. The van der Waals surface area contributed by atoms with Crippen LogP contribution in [0.4, 0.5) is 0 Å². The molecule has 1 saturated carbocycles. The fraction of sp³-hybridized carbons (Fsp3) is 0.500. The fourth-order valence-electron chi connectivity index (χ4n) is 5.28. The molecule has 0 aromatic carbocycles. The first-order chi connectivity index (χ1) is 16.7. The summed E-state index contributed by atoms with van der Waals surface area (Å²) in [6.07, 6.45) is 12.7. The lowest BCUT2D eigenvalue weighted by Crippen LogP contribution is -2.45. The van der Waals surface area contributed by atoms with Crippen LogP contribution in [0.5, 0.6) is 0 Å². The molecule has 5 rings (SSSR count). The number of pyridine rings is 1. The van der Waals surface area contributed by atoms with E-state index in [-0.39, 0.29) is 12.0 Å². The average molecular weight is 516 g/mol. The van der Waals surface area contributed by atoms with Crippen molar-refractivity contribution < 1.29 is 9.53 Å². The maximum Gasteiger partial charge on any atom is 0.334 e. The minimum absolute atomic E-state index is 0.230. The highest BCUT2D eigenvalue weighted by molar-refractivity contribution is 6.30. The molecule has 1 aromatic rings. The lowest BCUT2D eigenvalue weighted by molar-refractivity contribution is -0.158. The summed E-state index contributed by atoms with van der Waals surface area (Å²) >= 11 is 12.5. The van der Waals surface area contributed by atoms with Crippen LogP contribution in [0, 0.1) is 0 Å². The van der Waals surface area contributed by atoms with E-state index in [2.05, 4.69) is 15.3 Å². The van der Waals surface area contributed by atoms with Gasteiger partial charge in [-0.1, -0.05) is 23.2 Å². The molecule has 186 valence electrons. The van der Waals surface area contributed by atoms with Gasteiger partial charge in [0.1, 0.15) is 17.8 Å². The lowest BCUT2D eigenvalue weighted by atomic mass is 9.83.